The fourth-order valence-corrected chi connectivity index (χ4v) is 4.07. The first-order valence-electron chi connectivity index (χ1n) is 7.24. The van der Waals surface area contributed by atoms with Crippen LogP contribution in [0.25, 0.3) is 0 Å². The molecule has 1 N–H and O–H groups in total. The molecule has 0 unspecified atom stereocenters. The van der Waals surface area contributed by atoms with Gasteiger partial charge in [-0.25, -0.2) is 12.7 Å². The molecule has 6 nitrogen and oxygen atoms in total. The maximum atomic E-state index is 13.0. The van der Waals surface area contributed by atoms with Crippen LogP contribution in [0.3, 0.4) is 0 Å². The largest absolute Gasteiger partial charge is 0.418 e. The first kappa shape index (κ1) is 17.9. The summed E-state index contributed by atoms with van der Waals surface area (Å²) in [5, 5.41) is 2.01. The van der Waals surface area contributed by atoms with Crippen LogP contribution in [0, 0.1) is 0 Å². The molecular formula is C16H11F3N2O4S. The number of rotatable bonds is 3. The van der Waals surface area contributed by atoms with Crippen molar-refractivity contribution in [2.45, 2.75) is 11.1 Å². The predicted molar refractivity (Wildman–Crippen MR) is 84.7 cm³/mol. The van der Waals surface area contributed by atoms with E-state index in [-0.39, 0.29) is 10.5 Å². The van der Waals surface area contributed by atoms with Gasteiger partial charge in [0.25, 0.3) is 15.9 Å². The number of nitrogens with one attached hydrogen (secondary N) is 1. The highest BCUT2D eigenvalue weighted by Crippen LogP contribution is 2.35. The molecule has 2 amide bonds. The maximum absolute atomic E-state index is 13.0. The van der Waals surface area contributed by atoms with E-state index in [0.717, 1.165) is 18.2 Å². The maximum Gasteiger partial charge on any atom is 0.418 e. The Hall–Kier alpha value is -2.88. The normalized spacial score (nSPS) is 15.7. The second kappa shape index (κ2) is 6.13. The molecule has 0 bridgehead atoms. The molecule has 3 rings (SSSR count). The molecule has 1 aliphatic rings. The Morgan fingerprint density at radius 3 is 2.31 bits per heavy atom. The zero-order chi connectivity index (χ0) is 19.1. The summed E-state index contributed by atoms with van der Waals surface area (Å²) in [7, 11) is -4.22. The highest BCUT2D eigenvalue weighted by molar-refractivity contribution is 7.90. The number of sulfonamides is 1. The molecular weight excluding hydrogens is 373 g/mol. The summed E-state index contributed by atoms with van der Waals surface area (Å²) in [5.74, 6) is -1.97. The van der Waals surface area contributed by atoms with Crippen LogP contribution >= 0.6 is 0 Å². The third kappa shape index (κ3) is 3.03. The lowest BCUT2D eigenvalue weighted by atomic mass is 10.1. The van der Waals surface area contributed by atoms with Gasteiger partial charge in [-0.2, -0.15) is 13.2 Å². The number of hydrogen-bond acceptors (Lipinski definition) is 4. The molecule has 26 heavy (non-hydrogen) atoms. The van der Waals surface area contributed by atoms with Crippen LogP contribution in [0.15, 0.2) is 53.4 Å². The van der Waals surface area contributed by atoms with Crippen LogP contribution < -0.4 is 5.32 Å². The summed E-state index contributed by atoms with van der Waals surface area (Å²) in [6.45, 7) is -0.929. The fourth-order valence-electron chi connectivity index (χ4n) is 2.55. The molecule has 1 aliphatic heterocycles. The van der Waals surface area contributed by atoms with Crippen molar-refractivity contribution < 1.29 is 31.2 Å². The van der Waals surface area contributed by atoms with E-state index >= 15 is 0 Å². The van der Waals surface area contributed by atoms with Crippen LogP contribution in [0.2, 0.25) is 0 Å². The van der Waals surface area contributed by atoms with Gasteiger partial charge in [0.1, 0.15) is 11.4 Å². The van der Waals surface area contributed by atoms with Crippen LogP contribution in [0.5, 0.6) is 0 Å². The van der Waals surface area contributed by atoms with Crippen molar-refractivity contribution >= 4 is 27.5 Å². The highest BCUT2D eigenvalue weighted by atomic mass is 32.2. The average molecular weight is 384 g/mol. The second-order valence-electron chi connectivity index (χ2n) is 5.40. The highest BCUT2D eigenvalue weighted by Gasteiger charge is 2.42. The third-order valence-electron chi connectivity index (χ3n) is 3.71. The second-order valence-corrected chi connectivity index (χ2v) is 7.24. The predicted octanol–water partition coefficient (Wildman–Crippen LogP) is 2.49. The van der Waals surface area contributed by atoms with E-state index in [1.165, 1.54) is 30.3 Å². The van der Waals surface area contributed by atoms with Crippen molar-refractivity contribution in [1.82, 2.24) is 4.31 Å². The summed E-state index contributed by atoms with van der Waals surface area (Å²) in [6.07, 6.45) is -4.70. The Balaban J connectivity index is 1.84. The molecule has 0 saturated heterocycles. The number of nitrogens with zero attached hydrogens (tertiary/aromatic N) is 1. The topological polar surface area (TPSA) is 83.6 Å². The quantitative estimate of drug-likeness (QED) is 0.881. The minimum atomic E-state index is -4.70. The lowest BCUT2D eigenvalue weighted by Crippen LogP contribution is -2.37. The third-order valence-corrected chi connectivity index (χ3v) is 5.49. The Labute approximate surface area is 146 Å². The van der Waals surface area contributed by atoms with Gasteiger partial charge >= 0.3 is 6.18 Å². The molecule has 0 radical (unpaired) electrons. The molecule has 0 saturated carbocycles. The van der Waals surface area contributed by atoms with E-state index in [4.69, 9.17) is 0 Å². The van der Waals surface area contributed by atoms with Crippen molar-refractivity contribution in [3.63, 3.8) is 0 Å². The van der Waals surface area contributed by atoms with Crippen molar-refractivity contribution in [1.29, 1.82) is 0 Å². The number of carbonyl (C=O) groups is 2. The number of carbonyl (C=O) groups excluding carboxylic acids is 2. The SMILES string of the molecule is O=C(CN1C(=O)c2ccccc2S1(=O)=O)Nc1ccccc1C(F)(F)F. The van der Waals surface area contributed by atoms with E-state index < -0.39 is 45.8 Å². The van der Waals surface area contributed by atoms with Crippen LogP contribution in [0.1, 0.15) is 15.9 Å². The van der Waals surface area contributed by atoms with Crippen molar-refractivity contribution in [3.05, 3.63) is 59.7 Å². The number of halogens is 3. The van der Waals surface area contributed by atoms with Gasteiger partial charge < -0.3 is 5.32 Å². The van der Waals surface area contributed by atoms with Crippen molar-refractivity contribution in [2.75, 3.05) is 11.9 Å². The Kier molecular flexibility index (Phi) is 4.23. The number of benzene rings is 2. The monoisotopic (exact) mass is 384 g/mol. The van der Waals surface area contributed by atoms with E-state index in [1.54, 1.807) is 0 Å². The zero-order valence-corrected chi connectivity index (χ0v) is 13.8. The molecule has 2 aromatic carbocycles. The Morgan fingerprint density at radius 1 is 1.04 bits per heavy atom. The lowest BCUT2D eigenvalue weighted by molar-refractivity contribution is -0.137. The van der Waals surface area contributed by atoms with E-state index in [9.17, 15) is 31.2 Å². The van der Waals surface area contributed by atoms with E-state index in [0.29, 0.717) is 4.31 Å². The first-order chi connectivity index (χ1) is 12.1. The summed E-state index contributed by atoms with van der Waals surface area (Å²) in [4.78, 5) is 24.1. The summed E-state index contributed by atoms with van der Waals surface area (Å²) >= 11 is 0. The van der Waals surface area contributed by atoms with Gasteiger partial charge in [-0.1, -0.05) is 24.3 Å². The summed E-state index contributed by atoms with van der Waals surface area (Å²) < 4.78 is 63.9. The number of amides is 2. The zero-order valence-electron chi connectivity index (χ0n) is 12.9. The molecule has 10 heteroatoms. The van der Waals surface area contributed by atoms with Gasteiger partial charge in [-0.3, -0.25) is 9.59 Å². The van der Waals surface area contributed by atoms with Gasteiger partial charge in [0.2, 0.25) is 5.91 Å². The smallest absolute Gasteiger partial charge is 0.324 e. The van der Waals surface area contributed by atoms with Gasteiger partial charge in [0, 0.05) is 0 Å². The van der Waals surface area contributed by atoms with Gasteiger partial charge in [-0.05, 0) is 24.3 Å². The molecule has 0 fully saturated rings. The number of hydrogen-bond donors (Lipinski definition) is 1. The van der Waals surface area contributed by atoms with Gasteiger partial charge in [0.15, 0.2) is 0 Å². The standard InChI is InChI=1S/C16H11F3N2O4S/c17-16(18,19)11-6-2-3-7-12(11)20-14(22)9-21-15(23)10-5-1-4-8-13(10)26(21,24)25/h1-8H,9H2,(H,20,22). The number of alkyl halides is 3. The van der Waals surface area contributed by atoms with Crippen LogP contribution in [0.4, 0.5) is 18.9 Å². The van der Waals surface area contributed by atoms with Crippen molar-refractivity contribution in [3.8, 4) is 0 Å². The molecule has 0 aromatic heterocycles. The molecule has 1 heterocycles. The first-order valence-corrected chi connectivity index (χ1v) is 8.68. The van der Waals surface area contributed by atoms with E-state index in [2.05, 4.69) is 0 Å². The summed E-state index contributed by atoms with van der Waals surface area (Å²) in [6, 6.07) is 9.68. The molecule has 136 valence electrons. The number of para-hydroxylation sites is 1. The van der Waals surface area contributed by atoms with Gasteiger partial charge in [0.05, 0.1) is 16.8 Å². The number of fused-ring (bicyclic) bond motifs is 1. The Morgan fingerprint density at radius 2 is 1.65 bits per heavy atom. The van der Waals surface area contributed by atoms with E-state index in [1.807, 2.05) is 5.32 Å². The lowest BCUT2D eigenvalue weighted by Gasteiger charge is -2.17. The van der Waals surface area contributed by atoms with Crippen LogP contribution in [-0.2, 0) is 21.0 Å². The molecule has 0 atom stereocenters. The summed E-state index contributed by atoms with van der Waals surface area (Å²) in [5.41, 5.74) is -1.69. The van der Waals surface area contributed by atoms with Crippen molar-refractivity contribution in [2.24, 2.45) is 0 Å². The van der Waals surface area contributed by atoms with Crippen LogP contribution in [-0.4, -0.2) is 31.1 Å². The average Bonchev–Trinajstić information content (AvgIpc) is 2.76. The fraction of sp³-hybridized carbons (Fsp3) is 0.125. The molecule has 0 aliphatic carbocycles. The molecule has 2 aromatic rings. The minimum absolute atomic E-state index is 0.0870. The minimum Gasteiger partial charge on any atom is -0.324 e. The van der Waals surface area contributed by atoms with Gasteiger partial charge in [-0.15, -0.1) is 0 Å². The molecule has 0 spiro atoms. The Bertz CT molecular complexity index is 1000. The number of anilines is 1.